The van der Waals surface area contributed by atoms with E-state index in [0.717, 1.165) is 68.6 Å². The topological polar surface area (TPSA) is 52.7 Å². The van der Waals surface area contributed by atoms with Crippen LogP contribution in [0.3, 0.4) is 0 Å². The maximum absolute atomic E-state index is 13.9. The van der Waals surface area contributed by atoms with Gasteiger partial charge in [-0.2, -0.15) is 0 Å². The number of nitrogens with zero attached hydrogens (tertiary/aromatic N) is 2. The van der Waals surface area contributed by atoms with Crippen LogP contribution in [0.1, 0.15) is 76.0 Å². The zero-order valence-corrected chi connectivity index (χ0v) is 22.1. The molecule has 3 aromatic rings. The van der Waals surface area contributed by atoms with E-state index in [1.165, 1.54) is 11.1 Å². The number of thiophene rings is 1. The van der Waals surface area contributed by atoms with Gasteiger partial charge in [0, 0.05) is 42.7 Å². The first kappa shape index (κ1) is 24.4. The van der Waals surface area contributed by atoms with Crippen molar-refractivity contribution in [1.82, 2.24) is 15.1 Å². The Morgan fingerprint density at radius 2 is 1.76 bits per heavy atom. The van der Waals surface area contributed by atoms with Crippen molar-refractivity contribution in [2.24, 2.45) is 0 Å². The number of benzene rings is 2. The van der Waals surface area contributed by atoms with Crippen molar-refractivity contribution >= 4 is 23.2 Å². The molecule has 37 heavy (non-hydrogen) atoms. The highest BCUT2D eigenvalue weighted by molar-refractivity contribution is 7.10. The quantitative estimate of drug-likeness (QED) is 0.422. The molecule has 0 spiro atoms. The molecule has 1 N–H and O–H groups in total. The zero-order chi connectivity index (χ0) is 25.2. The smallest absolute Gasteiger partial charge is 0.254 e. The van der Waals surface area contributed by atoms with Crippen LogP contribution in [-0.4, -0.2) is 47.3 Å². The highest BCUT2D eigenvalue weighted by Crippen LogP contribution is 2.47. The molecule has 1 aliphatic carbocycles. The molecular weight excluding hydrogens is 478 g/mol. The maximum Gasteiger partial charge on any atom is 0.254 e. The summed E-state index contributed by atoms with van der Waals surface area (Å²) in [4.78, 5) is 33.3. The summed E-state index contributed by atoms with van der Waals surface area (Å²) in [7, 11) is 0. The first-order valence-electron chi connectivity index (χ1n) is 13.7. The molecule has 1 fully saturated rings. The largest absolute Gasteiger partial charge is 0.355 e. The second-order valence-corrected chi connectivity index (χ2v) is 11.6. The van der Waals surface area contributed by atoms with Gasteiger partial charge in [0.15, 0.2) is 0 Å². The molecule has 6 rings (SSSR count). The van der Waals surface area contributed by atoms with Crippen LogP contribution >= 0.6 is 11.3 Å². The van der Waals surface area contributed by atoms with E-state index < -0.39 is 5.92 Å². The first-order valence-corrected chi connectivity index (χ1v) is 14.6. The molecule has 3 heterocycles. The Kier molecular flexibility index (Phi) is 7.12. The summed E-state index contributed by atoms with van der Waals surface area (Å²) >= 11 is 1.65. The minimum absolute atomic E-state index is 0.0327. The Hall–Kier alpha value is -2.96. The van der Waals surface area contributed by atoms with E-state index in [0.29, 0.717) is 12.1 Å². The predicted octanol–water partition coefficient (Wildman–Crippen LogP) is 5.54. The molecule has 2 aliphatic heterocycles. The average molecular weight is 514 g/mol. The van der Waals surface area contributed by atoms with Crippen LogP contribution in [-0.2, 0) is 17.8 Å². The Bertz CT molecular complexity index is 1250. The lowest BCUT2D eigenvalue weighted by Gasteiger charge is -2.44. The van der Waals surface area contributed by atoms with Crippen LogP contribution in [0.5, 0.6) is 0 Å². The Morgan fingerprint density at radius 1 is 0.973 bits per heavy atom. The van der Waals surface area contributed by atoms with Gasteiger partial charge in [-0.05, 0) is 59.9 Å². The molecule has 0 radical (unpaired) electrons. The Morgan fingerprint density at radius 3 is 2.57 bits per heavy atom. The first-order chi connectivity index (χ1) is 18.2. The summed E-state index contributed by atoms with van der Waals surface area (Å²) < 4.78 is 0. The minimum atomic E-state index is -0.394. The van der Waals surface area contributed by atoms with Crippen LogP contribution in [0, 0.1) is 0 Å². The molecule has 1 aromatic heterocycles. The third-order valence-electron chi connectivity index (χ3n) is 8.37. The van der Waals surface area contributed by atoms with Crippen LogP contribution in [0.4, 0.5) is 0 Å². The Balaban J connectivity index is 1.19. The number of carbonyl (C=O) groups is 2. The number of rotatable bonds is 7. The summed E-state index contributed by atoms with van der Waals surface area (Å²) in [6.07, 6.45) is 6.33. The van der Waals surface area contributed by atoms with E-state index in [4.69, 9.17) is 0 Å². The number of hydrogen-bond donors (Lipinski definition) is 1. The molecule has 0 bridgehead atoms. The minimum Gasteiger partial charge on any atom is -0.355 e. The molecule has 6 heteroatoms. The second kappa shape index (κ2) is 10.8. The van der Waals surface area contributed by atoms with E-state index in [-0.39, 0.29) is 23.9 Å². The van der Waals surface area contributed by atoms with Gasteiger partial charge in [-0.25, -0.2) is 0 Å². The fraction of sp³-hybridized carbons (Fsp3) is 0.419. The molecule has 5 nitrogen and oxygen atoms in total. The van der Waals surface area contributed by atoms with Gasteiger partial charge in [0.25, 0.3) is 5.91 Å². The van der Waals surface area contributed by atoms with Crippen LogP contribution in [0.15, 0.2) is 66.0 Å². The molecule has 2 atom stereocenters. The van der Waals surface area contributed by atoms with Crippen molar-refractivity contribution in [3.63, 3.8) is 0 Å². The van der Waals surface area contributed by atoms with Crippen LogP contribution < -0.4 is 5.32 Å². The molecular formula is C31H35N3O2S. The van der Waals surface area contributed by atoms with Gasteiger partial charge in [0.05, 0.1) is 12.0 Å². The van der Waals surface area contributed by atoms with Gasteiger partial charge < -0.3 is 10.2 Å². The summed E-state index contributed by atoms with van der Waals surface area (Å²) in [5, 5.41) is 5.33. The normalized spacial score (nSPS) is 22.1. The summed E-state index contributed by atoms with van der Waals surface area (Å²) in [5.74, 6) is -0.282. The zero-order valence-electron chi connectivity index (χ0n) is 21.3. The molecule has 0 unspecified atom stereocenters. The molecule has 3 aliphatic rings. The lowest BCUT2D eigenvalue weighted by molar-refractivity contribution is -0.124. The van der Waals surface area contributed by atoms with E-state index >= 15 is 0 Å². The van der Waals surface area contributed by atoms with Crippen molar-refractivity contribution in [3.05, 3.63) is 93.2 Å². The van der Waals surface area contributed by atoms with Crippen LogP contribution in [0.2, 0.25) is 0 Å². The van der Waals surface area contributed by atoms with E-state index in [1.807, 2.05) is 30.3 Å². The molecule has 1 saturated carbocycles. The van der Waals surface area contributed by atoms with Gasteiger partial charge in [-0.1, -0.05) is 61.4 Å². The molecule has 2 aromatic carbocycles. The fourth-order valence-corrected chi connectivity index (χ4v) is 7.41. The number of amides is 2. The lowest BCUT2D eigenvalue weighted by Crippen LogP contribution is -2.50. The van der Waals surface area contributed by atoms with Gasteiger partial charge in [-0.15, -0.1) is 11.3 Å². The average Bonchev–Trinajstić information content (AvgIpc) is 3.66. The predicted molar refractivity (Wildman–Crippen MR) is 148 cm³/mol. The fourth-order valence-electron chi connectivity index (χ4n) is 6.55. The van der Waals surface area contributed by atoms with Gasteiger partial charge in [0.1, 0.15) is 0 Å². The van der Waals surface area contributed by atoms with Gasteiger partial charge in [0.2, 0.25) is 5.91 Å². The third-order valence-corrected chi connectivity index (χ3v) is 9.31. The van der Waals surface area contributed by atoms with Gasteiger partial charge >= 0.3 is 0 Å². The van der Waals surface area contributed by atoms with Crippen molar-refractivity contribution in [2.75, 3.05) is 19.6 Å². The van der Waals surface area contributed by atoms with Crippen molar-refractivity contribution in [2.45, 2.75) is 63.1 Å². The number of carbonyl (C=O) groups excluding carboxylic acids is 2. The Labute approximate surface area is 223 Å². The van der Waals surface area contributed by atoms with Gasteiger partial charge in [-0.3, -0.25) is 14.5 Å². The number of nitrogens with one attached hydrogen (secondary N) is 1. The molecule has 2 amide bonds. The highest BCUT2D eigenvalue weighted by Gasteiger charge is 2.47. The van der Waals surface area contributed by atoms with Crippen molar-refractivity contribution in [3.8, 4) is 0 Å². The molecule has 192 valence electrons. The van der Waals surface area contributed by atoms with Crippen molar-refractivity contribution in [1.29, 1.82) is 0 Å². The number of fused-ring (bicyclic) bond motifs is 2. The van der Waals surface area contributed by atoms with E-state index in [1.54, 1.807) is 11.3 Å². The SMILES string of the molecule is O=C(NCCCN1CCc2ccccc2C1)[C@H]1c2ccccc2C(=O)N(C2CCCC2)[C@@H]1c1cccs1. The third kappa shape index (κ3) is 4.85. The second-order valence-electron chi connectivity index (χ2n) is 10.6. The number of hydrogen-bond acceptors (Lipinski definition) is 4. The van der Waals surface area contributed by atoms with E-state index in [2.05, 4.69) is 50.8 Å². The summed E-state index contributed by atoms with van der Waals surface area (Å²) in [5.41, 5.74) is 4.44. The summed E-state index contributed by atoms with van der Waals surface area (Å²) in [6, 6.07) is 20.5. The standard InChI is InChI=1S/C31H35N3O2S/c35-30(32-17-8-18-33-19-16-22-9-1-2-10-23(22)21-33)28-25-13-5-6-14-26(25)31(36)34(24-11-3-4-12-24)29(28)27-15-7-20-37-27/h1-2,5-7,9-10,13-15,20,24,28-29H,3-4,8,11-12,16-19,21H2,(H,32,35)/t28-,29+/m0/s1. The molecule has 0 saturated heterocycles. The van der Waals surface area contributed by atoms with Crippen molar-refractivity contribution < 1.29 is 9.59 Å². The summed E-state index contributed by atoms with van der Waals surface area (Å²) in [6.45, 7) is 3.67. The monoisotopic (exact) mass is 513 g/mol. The highest BCUT2D eigenvalue weighted by atomic mass is 32.1. The lowest BCUT2D eigenvalue weighted by atomic mass is 9.80. The van der Waals surface area contributed by atoms with E-state index in [9.17, 15) is 9.59 Å². The van der Waals surface area contributed by atoms with Crippen LogP contribution in [0.25, 0.3) is 0 Å². The maximum atomic E-state index is 13.9.